The molecule has 2 nitrogen and oxygen atoms in total. The summed E-state index contributed by atoms with van der Waals surface area (Å²) in [4.78, 5) is 12.4. The van der Waals surface area contributed by atoms with Crippen LogP contribution >= 0.6 is 23.2 Å². The first-order valence-electron chi connectivity index (χ1n) is 5.65. The van der Waals surface area contributed by atoms with E-state index in [1.54, 1.807) is 6.07 Å². The standard InChI is InChI=1S/C13H14Cl2O2/c1-3-4-13(2)6-7-5-8(16)10(14)11(15)9(7)12(13)17/h5,16H,3-4,6H2,1-2H3. The Bertz CT molecular complexity index is 497. The van der Waals surface area contributed by atoms with Gasteiger partial charge in [0.1, 0.15) is 10.8 Å². The average molecular weight is 273 g/mol. The van der Waals surface area contributed by atoms with Crippen LogP contribution in [0, 0.1) is 5.41 Å². The van der Waals surface area contributed by atoms with E-state index in [1.165, 1.54) is 0 Å². The first-order valence-corrected chi connectivity index (χ1v) is 6.41. The second-order valence-electron chi connectivity index (χ2n) is 4.87. The molecule has 1 aromatic carbocycles. The number of hydrogen-bond donors (Lipinski definition) is 1. The van der Waals surface area contributed by atoms with Gasteiger partial charge in [0.05, 0.1) is 5.02 Å². The lowest BCUT2D eigenvalue weighted by atomic mass is 9.82. The molecule has 0 aromatic heterocycles. The molecule has 1 N–H and O–H groups in total. The van der Waals surface area contributed by atoms with E-state index in [0.717, 1.165) is 18.4 Å². The average Bonchev–Trinajstić information content (AvgIpc) is 2.49. The second-order valence-corrected chi connectivity index (χ2v) is 5.63. The largest absolute Gasteiger partial charge is 0.506 e. The van der Waals surface area contributed by atoms with Crippen molar-refractivity contribution in [2.75, 3.05) is 0 Å². The van der Waals surface area contributed by atoms with E-state index in [2.05, 4.69) is 0 Å². The molecular formula is C13H14Cl2O2. The van der Waals surface area contributed by atoms with Crippen molar-refractivity contribution in [1.82, 2.24) is 0 Å². The van der Waals surface area contributed by atoms with Crippen LogP contribution in [0.2, 0.25) is 10.0 Å². The van der Waals surface area contributed by atoms with E-state index in [0.29, 0.717) is 12.0 Å². The summed E-state index contributed by atoms with van der Waals surface area (Å²) in [5, 5.41) is 9.88. The molecule has 0 saturated heterocycles. The summed E-state index contributed by atoms with van der Waals surface area (Å²) < 4.78 is 0. The van der Waals surface area contributed by atoms with Crippen LogP contribution in [-0.4, -0.2) is 10.9 Å². The van der Waals surface area contributed by atoms with Crippen LogP contribution in [0.1, 0.15) is 42.6 Å². The third-order valence-electron chi connectivity index (χ3n) is 3.43. The number of aromatic hydroxyl groups is 1. The number of Topliss-reactive ketones (excluding diaryl/α,β-unsaturated/α-hetero) is 1. The number of rotatable bonds is 2. The lowest BCUT2D eigenvalue weighted by Gasteiger charge is -2.20. The molecule has 92 valence electrons. The van der Waals surface area contributed by atoms with Crippen LogP contribution < -0.4 is 0 Å². The number of phenolic OH excluding ortho intramolecular Hbond substituents is 1. The zero-order chi connectivity index (χ0) is 12.8. The van der Waals surface area contributed by atoms with Crippen LogP contribution in [-0.2, 0) is 6.42 Å². The van der Waals surface area contributed by atoms with Crippen LogP contribution in [0.25, 0.3) is 0 Å². The quantitative estimate of drug-likeness (QED) is 0.874. The van der Waals surface area contributed by atoms with Crippen LogP contribution in [0.3, 0.4) is 0 Å². The topological polar surface area (TPSA) is 37.3 Å². The smallest absolute Gasteiger partial charge is 0.170 e. The van der Waals surface area contributed by atoms with Gasteiger partial charge in [-0.2, -0.15) is 0 Å². The van der Waals surface area contributed by atoms with Gasteiger partial charge in [-0.05, 0) is 24.5 Å². The minimum Gasteiger partial charge on any atom is -0.506 e. The SMILES string of the molecule is CCCC1(C)Cc2cc(O)c(Cl)c(Cl)c2C1=O. The van der Waals surface area contributed by atoms with Gasteiger partial charge in [0.25, 0.3) is 0 Å². The summed E-state index contributed by atoms with van der Waals surface area (Å²) in [6, 6.07) is 1.56. The van der Waals surface area contributed by atoms with Crippen LogP contribution in [0.15, 0.2) is 6.07 Å². The van der Waals surface area contributed by atoms with E-state index in [9.17, 15) is 9.90 Å². The first kappa shape index (κ1) is 12.7. The Balaban J connectivity index is 2.56. The molecule has 0 aliphatic heterocycles. The Hall–Kier alpha value is -0.730. The van der Waals surface area contributed by atoms with Crippen molar-refractivity contribution in [2.45, 2.75) is 33.1 Å². The molecule has 1 aliphatic rings. The van der Waals surface area contributed by atoms with Gasteiger partial charge in [0.15, 0.2) is 5.78 Å². The van der Waals surface area contributed by atoms with E-state index >= 15 is 0 Å². The molecule has 0 fully saturated rings. The molecule has 1 aliphatic carbocycles. The molecule has 0 spiro atoms. The minimum absolute atomic E-state index is 0.0428. The van der Waals surface area contributed by atoms with Crippen molar-refractivity contribution in [3.05, 3.63) is 27.2 Å². The molecule has 0 radical (unpaired) electrons. The van der Waals surface area contributed by atoms with Gasteiger partial charge >= 0.3 is 0 Å². The summed E-state index contributed by atoms with van der Waals surface area (Å²) in [5.74, 6) is -0.00906. The van der Waals surface area contributed by atoms with Crippen molar-refractivity contribution < 1.29 is 9.90 Å². The van der Waals surface area contributed by atoms with Gasteiger partial charge in [-0.25, -0.2) is 0 Å². The molecule has 1 unspecified atom stereocenters. The van der Waals surface area contributed by atoms with Gasteiger partial charge < -0.3 is 5.11 Å². The number of carbonyl (C=O) groups excluding carboxylic acids is 1. The molecule has 0 heterocycles. The molecule has 0 bridgehead atoms. The molecule has 17 heavy (non-hydrogen) atoms. The van der Waals surface area contributed by atoms with Gasteiger partial charge in [0.2, 0.25) is 0 Å². The maximum Gasteiger partial charge on any atom is 0.170 e. The first-order chi connectivity index (χ1) is 7.90. The number of benzene rings is 1. The Morgan fingerprint density at radius 2 is 2.06 bits per heavy atom. The monoisotopic (exact) mass is 272 g/mol. The van der Waals surface area contributed by atoms with Crippen molar-refractivity contribution in [2.24, 2.45) is 5.41 Å². The summed E-state index contributed by atoms with van der Waals surface area (Å²) in [7, 11) is 0. The van der Waals surface area contributed by atoms with Crippen molar-refractivity contribution in [3.8, 4) is 5.75 Å². The van der Waals surface area contributed by atoms with Gasteiger partial charge in [0, 0.05) is 11.0 Å². The summed E-state index contributed by atoms with van der Waals surface area (Å²) >= 11 is 11.9. The van der Waals surface area contributed by atoms with Gasteiger partial charge in [-0.1, -0.05) is 43.5 Å². The molecule has 0 amide bonds. The predicted molar refractivity (Wildman–Crippen MR) is 69.2 cm³/mol. The van der Waals surface area contributed by atoms with Gasteiger partial charge in [-0.15, -0.1) is 0 Å². The Morgan fingerprint density at radius 1 is 1.41 bits per heavy atom. The van der Waals surface area contributed by atoms with Crippen molar-refractivity contribution in [1.29, 1.82) is 0 Å². The molecule has 1 atom stereocenters. The van der Waals surface area contributed by atoms with Crippen LogP contribution in [0.5, 0.6) is 5.75 Å². The molecule has 2 rings (SSSR count). The summed E-state index contributed by atoms with van der Waals surface area (Å²) in [6.07, 6.45) is 2.38. The van der Waals surface area contributed by atoms with Crippen LogP contribution in [0.4, 0.5) is 0 Å². The van der Waals surface area contributed by atoms with E-state index < -0.39 is 5.41 Å². The maximum absolute atomic E-state index is 12.4. The Kier molecular flexibility index (Phi) is 3.13. The van der Waals surface area contributed by atoms with E-state index in [4.69, 9.17) is 23.2 Å². The lowest BCUT2D eigenvalue weighted by molar-refractivity contribution is 0.0829. The highest BCUT2D eigenvalue weighted by molar-refractivity contribution is 6.45. The number of hydrogen-bond acceptors (Lipinski definition) is 2. The predicted octanol–water partition coefficient (Wildman–Crippen LogP) is 4.24. The van der Waals surface area contributed by atoms with E-state index in [1.807, 2.05) is 13.8 Å². The van der Waals surface area contributed by atoms with Crippen molar-refractivity contribution >= 4 is 29.0 Å². The second kappa shape index (κ2) is 4.18. The third kappa shape index (κ3) is 1.84. The zero-order valence-corrected chi connectivity index (χ0v) is 11.3. The third-order valence-corrected chi connectivity index (χ3v) is 4.28. The number of carbonyl (C=O) groups is 1. The van der Waals surface area contributed by atoms with Crippen molar-refractivity contribution in [3.63, 3.8) is 0 Å². The highest BCUT2D eigenvalue weighted by Crippen LogP contribution is 2.47. The number of phenols is 1. The zero-order valence-electron chi connectivity index (χ0n) is 9.81. The summed E-state index contributed by atoms with van der Waals surface area (Å²) in [6.45, 7) is 3.99. The normalized spacial score (nSPS) is 22.9. The number of halogens is 2. The number of fused-ring (bicyclic) bond motifs is 1. The Morgan fingerprint density at radius 3 is 2.65 bits per heavy atom. The highest BCUT2D eigenvalue weighted by atomic mass is 35.5. The fourth-order valence-electron chi connectivity index (χ4n) is 2.60. The fraction of sp³-hybridized carbons (Fsp3) is 0.462. The minimum atomic E-state index is -0.405. The van der Waals surface area contributed by atoms with Gasteiger partial charge in [-0.3, -0.25) is 4.79 Å². The molecule has 1 aromatic rings. The lowest BCUT2D eigenvalue weighted by Crippen LogP contribution is -2.23. The molecule has 4 heteroatoms. The summed E-state index contributed by atoms with van der Waals surface area (Å²) in [5.41, 5.74) is 0.890. The highest BCUT2D eigenvalue weighted by Gasteiger charge is 2.42. The number of ketones is 1. The Labute approximate surface area is 111 Å². The molecular weight excluding hydrogens is 259 g/mol. The van der Waals surface area contributed by atoms with E-state index in [-0.39, 0.29) is 21.6 Å². The molecule has 0 saturated carbocycles. The fourth-order valence-corrected chi connectivity index (χ4v) is 3.06. The maximum atomic E-state index is 12.4.